The summed E-state index contributed by atoms with van der Waals surface area (Å²) in [6.07, 6.45) is -1.12. The Labute approximate surface area is 167 Å². The van der Waals surface area contributed by atoms with Crippen LogP contribution >= 0.6 is 0 Å². The number of benzene rings is 2. The Morgan fingerprint density at radius 1 is 1.07 bits per heavy atom. The lowest BCUT2D eigenvalue weighted by Gasteiger charge is -2.15. The number of hydrogen-bond acceptors (Lipinski definition) is 7. The normalized spacial score (nSPS) is 11.3. The van der Waals surface area contributed by atoms with Gasteiger partial charge in [-0.2, -0.15) is 0 Å². The third kappa shape index (κ3) is 5.93. The quantitative estimate of drug-likeness (QED) is 0.387. The van der Waals surface area contributed by atoms with Crippen LogP contribution in [-0.2, 0) is 9.53 Å². The smallest absolute Gasteiger partial charge is 0.339 e. The number of anilines is 1. The first-order valence-electron chi connectivity index (χ1n) is 9.01. The summed E-state index contributed by atoms with van der Waals surface area (Å²) in [6.45, 7) is 5.88. The zero-order chi connectivity index (χ0) is 21.4. The summed E-state index contributed by atoms with van der Waals surface area (Å²) in [5, 5.41) is 13.3. The lowest BCUT2D eigenvalue weighted by Crippen LogP contribution is -2.30. The van der Waals surface area contributed by atoms with Crippen molar-refractivity contribution in [3.63, 3.8) is 0 Å². The molecule has 9 heteroatoms. The van der Waals surface area contributed by atoms with Crippen LogP contribution in [0.5, 0.6) is 11.5 Å². The largest absolute Gasteiger partial charge is 0.490 e. The van der Waals surface area contributed by atoms with Gasteiger partial charge >= 0.3 is 5.97 Å². The second kappa shape index (κ2) is 10.1. The molecule has 0 unspecified atom stereocenters. The van der Waals surface area contributed by atoms with E-state index in [2.05, 4.69) is 5.32 Å². The third-order valence-electron chi connectivity index (χ3n) is 3.76. The number of nitro groups is 1. The number of ether oxygens (including phenoxy) is 3. The average molecular weight is 402 g/mol. The van der Waals surface area contributed by atoms with Gasteiger partial charge < -0.3 is 19.5 Å². The number of amides is 1. The van der Waals surface area contributed by atoms with Crippen molar-refractivity contribution in [1.82, 2.24) is 0 Å². The Balaban J connectivity index is 2.05. The van der Waals surface area contributed by atoms with Gasteiger partial charge in [-0.1, -0.05) is 6.07 Å². The van der Waals surface area contributed by atoms with E-state index in [0.29, 0.717) is 24.7 Å². The van der Waals surface area contributed by atoms with E-state index in [1.165, 1.54) is 43.3 Å². The number of hydrogen-bond donors (Lipinski definition) is 1. The van der Waals surface area contributed by atoms with Gasteiger partial charge in [-0.15, -0.1) is 0 Å². The Bertz CT molecular complexity index is 898. The third-order valence-corrected chi connectivity index (χ3v) is 3.76. The van der Waals surface area contributed by atoms with Crippen LogP contribution in [0.4, 0.5) is 11.4 Å². The van der Waals surface area contributed by atoms with Gasteiger partial charge in [-0.05, 0) is 45.0 Å². The zero-order valence-electron chi connectivity index (χ0n) is 16.3. The number of non-ortho nitro benzene ring substituents is 1. The van der Waals surface area contributed by atoms with Gasteiger partial charge in [0, 0.05) is 17.8 Å². The number of carbonyl (C=O) groups excluding carboxylic acids is 2. The van der Waals surface area contributed by atoms with Crippen molar-refractivity contribution in [2.75, 3.05) is 18.5 Å². The molecule has 0 radical (unpaired) electrons. The van der Waals surface area contributed by atoms with E-state index in [4.69, 9.17) is 14.2 Å². The number of esters is 1. The fourth-order valence-electron chi connectivity index (χ4n) is 2.40. The monoisotopic (exact) mass is 402 g/mol. The molecule has 2 aromatic rings. The number of nitrogens with zero attached hydrogens (tertiary/aromatic N) is 1. The molecule has 0 aromatic heterocycles. The van der Waals surface area contributed by atoms with Crippen molar-refractivity contribution < 1.29 is 28.7 Å². The van der Waals surface area contributed by atoms with Crippen molar-refractivity contribution in [2.24, 2.45) is 0 Å². The Hall–Kier alpha value is -3.62. The minimum absolute atomic E-state index is 0.162. The molecule has 0 aliphatic carbocycles. The van der Waals surface area contributed by atoms with Gasteiger partial charge in [0.15, 0.2) is 17.6 Å². The lowest BCUT2D eigenvalue weighted by molar-refractivity contribution is -0.384. The zero-order valence-corrected chi connectivity index (χ0v) is 16.3. The predicted molar refractivity (Wildman–Crippen MR) is 105 cm³/mol. The van der Waals surface area contributed by atoms with Crippen molar-refractivity contribution in [2.45, 2.75) is 26.9 Å². The second-order valence-electron chi connectivity index (χ2n) is 5.87. The lowest BCUT2D eigenvalue weighted by atomic mass is 10.2. The van der Waals surface area contributed by atoms with Crippen LogP contribution < -0.4 is 14.8 Å². The fourth-order valence-corrected chi connectivity index (χ4v) is 2.40. The summed E-state index contributed by atoms with van der Waals surface area (Å²) in [5.74, 6) is -0.426. The number of nitro benzene ring substituents is 1. The van der Waals surface area contributed by atoms with E-state index in [-0.39, 0.29) is 16.9 Å². The molecule has 2 aromatic carbocycles. The maximum absolute atomic E-state index is 12.4. The number of rotatable bonds is 9. The SMILES string of the molecule is CCOc1ccc(C(=O)O[C@H](C)C(=O)Nc2cccc([N+](=O)[O-])c2)cc1OCC. The van der Waals surface area contributed by atoms with E-state index >= 15 is 0 Å². The average Bonchev–Trinajstić information content (AvgIpc) is 2.69. The molecular formula is C20H22N2O7. The molecule has 0 bridgehead atoms. The minimum Gasteiger partial charge on any atom is -0.490 e. The first-order chi connectivity index (χ1) is 13.8. The van der Waals surface area contributed by atoms with E-state index in [0.717, 1.165) is 0 Å². The Kier molecular flexibility index (Phi) is 7.53. The van der Waals surface area contributed by atoms with Crippen molar-refractivity contribution in [3.8, 4) is 11.5 Å². The van der Waals surface area contributed by atoms with Crippen molar-refractivity contribution in [3.05, 3.63) is 58.1 Å². The summed E-state index contributed by atoms with van der Waals surface area (Å²) < 4.78 is 16.1. The van der Waals surface area contributed by atoms with Crippen molar-refractivity contribution >= 4 is 23.3 Å². The summed E-state index contributed by atoms with van der Waals surface area (Å²) in [6, 6.07) is 10.1. The highest BCUT2D eigenvalue weighted by Crippen LogP contribution is 2.29. The molecule has 29 heavy (non-hydrogen) atoms. The highest BCUT2D eigenvalue weighted by Gasteiger charge is 2.21. The van der Waals surface area contributed by atoms with Crippen LogP contribution in [0, 0.1) is 10.1 Å². The molecule has 9 nitrogen and oxygen atoms in total. The highest BCUT2D eigenvalue weighted by molar-refractivity contribution is 5.97. The Morgan fingerprint density at radius 3 is 2.41 bits per heavy atom. The second-order valence-corrected chi connectivity index (χ2v) is 5.87. The van der Waals surface area contributed by atoms with E-state index in [1.54, 1.807) is 13.0 Å². The molecule has 0 saturated heterocycles. The summed E-state index contributed by atoms with van der Waals surface area (Å²) in [4.78, 5) is 34.9. The molecule has 0 saturated carbocycles. The van der Waals surface area contributed by atoms with Crippen LogP contribution in [0.3, 0.4) is 0 Å². The molecule has 0 heterocycles. The standard InChI is InChI=1S/C20H22N2O7/c1-4-27-17-10-9-14(11-18(17)28-5-2)20(24)29-13(3)19(23)21-15-7-6-8-16(12-15)22(25)26/h6-13H,4-5H2,1-3H3,(H,21,23)/t13-/m1/s1. The van der Waals surface area contributed by atoms with Crippen molar-refractivity contribution in [1.29, 1.82) is 0 Å². The van der Waals surface area contributed by atoms with Gasteiger partial charge in [-0.25, -0.2) is 4.79 Å². The van der Waals surface area contributed by atoms with E-state index in [9.17, 15) is 19.7 Å². The van der Waals surface area contributed by atoms with E-state index < -0.39 is 22.9 Å². The van der Waals surface area contributed by atoms with Crippen LogP contribution in [0.25, 0.3) is 0 Å². The number of carbonyl (C=O) groups is 2. The van der Waals surface area contributed by atoms with Crippen LogP contribution in [0.1, 0.15) is 31.1 Å². The molecule has 0 aliphatic rings. The molecule has 1 N–H and O–H groups in total. The van der Waals surface area contributed by atoms with E-state index in [1.807, 2.05) is 6.92 Å². The van der Waals surface area contributed by atoms with Crippen LogP contribution in [-0.4, -0.2) is 36.1 Å². The van der Waals surface area contributed by atoms with Gasteiger partial charge in [0.2, 0.25) is 0 Å². The molecule has 154 valence electrons. The molecule has 0 spiro atoms. The Morgan fingerprint density at radius 2 is 1.76 bits per heavy atom. The predicted octanol–water partition coefficient (Wildman–Crippen LogP) is 3.58. The molecule has 1 amide bonds. The van der Waals surface area contributed by atoms with Gasteiger partial charge in [0.25, 0.3) is 11.6 Å². The van der Waals surface area contributed by atoms with Gasteiger partial charge in [-0.3, -0.25) is 14.9 Å². The highest BCUT2D eigenvalue weighted by atomic mass is 16.6. The molecular weight excluding hydrogens is 380 g/mol. The van der Waals surface area contributed by atoms with Crippen LogP contribution in [0.15, 0.2) is 42.5 Å². The topological polar surface area (TPSA) is 117 Å². The maximum atomic E-state index is 12.4. The molecule has 2 rings (SSSR count). The first-order valence-corrected chi connectivity index (χ1v) is 9.01. The molecule has 0 aliphatic heterocycles. The maximum Gasteiger partial charge on any atom is 0.339 e. The molecule has 1 atom stereocenters. The van der Waals surface area contributed by atoms with Crippen LogP contribution in [0.2, 0.25) is 0 Å². The van der Waals surface area contributed by atoms with Gasteiger partial charge in [0.1, 0.15) is 0 Å². The number of nitrogens with one attached hydrogen (secondary N) is 1. The summed E-state index contributed by atoms with van der Waals surface area (Å²) >= 11 is 0. The molecule has 0 fully saturated rings. The minimum atomic E-state index is -1.12. The fraction of sp³-hybridized carbons (Fsp3) is 0.300. The summed E-state index contributed by atoms with van der Waals surface area (Å²) in [7, 11) is 0. The van der Waals surface area contributed by atoms with Gasteiger partial charge in [0.05, 0.1) is 23.7 Å². The first kappa shape index (κ1) is 21.7. The summed E-state index contributed by atoms with van der Waals surface area (Å²) in [5.41, 5.74) is 0.268.